The van der Waals surface area contributed by atoms with E-state index in [9.17, 15) is 10.2 Å². The second-order valence-corrected chi connectivity index (χ2v) is 3.59. The van der Waals surface area contributed by atoms with Crippen molar-refractivity contribution in [2.24, 2.45) is 0 Å². The number of rotatable bonds is 0. The zero-order valence-electron chi connectivity index (χ0n) is 6.92. The molecule has 0 radical (unpaired) electrons. The molecule has 0 spiro atoms. The zero-order valence-corrected chi connectivity index (χ0v) is 6.92. The third kappa shape index (κ3) is 0.892. The van der Waals surface area contributed by atoms with Crippen molar-refractivity contribution in [3.63, 3.8) is 0 Å². The molecule has 3 rings (SSSR count). The molecule has 4 atom stereocenters. The van der Waals surface area contributed by atoms with Gasteiger partial charge in [0.05, 0.1) is 0 Å². The highest BCUT2D eigenvalue weighted by Gasteiger charge is 2.53. The quantitative estimate of drug-likeness (QED) is 0.570. The molecule has 0 unspecified atom stereocenters. The van der Waals surface area contributed by atoms with Crippen LogP contribution in [-0.2, 0) is 4.74 Å². The van der Waals surface area contributed by atoms with Crippen LogP contribution in [0.15, 0.2) is 24.3 Å². The first-order valence-electron chi connectivity index (χ1n) is 4.39. The highest BCUT2D eigenvalue weighted by molar-refractivity contribution is 5.38. The van der Waals surface area contributed by atoms with Crippen LogP contribution in [0.1, 0.15) is 23.3 Å². The maximum atomic E-state index is 9.70. The van der Waals surface area contributed by atoms with Gasteiger partial charge in [-0.05, 0) is 11.1 Å². The Bertz CT molecular complexity index is 350. The van der Waals surface area contributed by atoms with Crippen LogP contribution in [0.25, 0.3) is 0 Å². The van der Waals surface area contributed by atoms with E-state index in [0.29, 0.717) is 0 Å². The van der Waals surface area contributed by atoms with Gasteiger partial charge in [-0.3, -0.25) is 0 Å². The van der Waals surface area contributed by atoms with Gasteiger partial charge in [0.1, 0.15) is 24.4 Å². The maximum absolute atomic E-state index is 9.70. The molecule has 1 aromatic rings. The van der Waals surface area contributed by atoms with Crippen LogP contribution in [0.4, 0.5) is 0 Å². The molecule has 0 bridgehead atoms. The lowest BCUT2D eigenvalue weighted by Gasteiger charge is -2.22. The number of hydrogen-bond acceptors (Lipinski definition) is 3. The van der Waals surface area contributed by atoms with Crippen molar-refractivity contribution in [3.8, 4) is 0 Å². The first-order chi connectivity index (χ1) is 6.29. The Labute approximate surface area is 75.6 Å². The normalized spacial score (nSPS) is 40.8. The highest BCUT2D eigenvalue weighted by Crippen LogP contribution is 2.50. The molecular formula is C10H10O3. The molecule has 0 saturated carbocycles. The fourth-order valence-electron chi connectivity index (χ4n) is 2.04. The third-order valence-electron chi connectivity index (χ3n) is 2.81. The topological polar surface area (TPSA) is 53.0 Å². The van der Waals surface area contributed by atoms with Gasteiger partial charge in [-0.2, -0.15) is 0 Å². The van der Waals surface area contributed by atoms with Crippen LogP contribution in [0.5, 0.6) is 0 Å². The summed E-state index contributed by atoms with van der Waals surface area (Å²) in [6, 6.07) is 7.55. The lowest BCUT2D eigenvalue weighted by Crippen LogP contribution is -2.28. The summed E-state index contributed by atoms with van der Waals surface area (Å²) in [6.07, 6.45) is -1.74. The first kappa shape index (κ1) is 7.50. The lowest BCUT2D eigenvalue weighted by atomic mass is 9.88. The summed E-state index contributed by atoms with van der Waals surface area (Å²) in [5.41, 5.74) is 1.82. The average molecular weight is 178 g/mol. The number of aliphatic hydroxyl groups is 2. The summed E-state index contributed by atoms with van der Waals surface area (Å²) in [4.78, 5) is 0. The number of aliphatic hydroxyl groups excluding tert-OH is 2. The minimum Gasteiger partial charge on any atom is -0.387 e. The van der Waals surface area contributed by atoms with E-state index in [1.54, 1.807) is 0 Å². The fourth-order valence-corrected chi connectivity index (χ4v) is 2.04. The lowest BCUT2D eigenvalue weighted by molar-refractivity contribution is -0.00000488. The molecule has 1 aromatic carbocycles. The van der Waals surface area contributed by atoms with E-state index in [1.165, 1.54) is 0 Å². The molecule has 2 aliphatic rings. The van der Waals surface area contributed by atoms with Crippen LogP contribution in [0.2, 0.25) is 0 Å². The van der Waals surface area contributed by atoms with Crippen molar-refractivity contribution in [2.75, 3.05) is 0 Å². The molecule has 1 heterocycles. The van der Waals surface area contributed by atoms with Crippen LogP contribution < -0.4 is 0 Å². The minimum atomic E-state index is -0.792. The second kappa shape index (κ2) is 2.32. The molecular weight excluding hydrogens is 168 g/mol. The fraction of sp³-hybridized carbons (Fsp3) is 0.400. The van der Waals surface area contributed by atoms with Gasteiger partial charge in [-0.25, -0.2) is 0 Å². The molecule has 3 heteroatoms. The highest BCUT2D eigenvalue weighted by atomic mass is 16.6. The number of benzene rings is 1. The molecule has 68 valence electrons. The van der Waals surface area contributed by atoms with Crippen LogP contribution in [0, 0.1) is 0 Å². The maximum Gasteiger partial charge on any atom is 0.118 e. The Hall–Kier alpha value is -0.900. The number of epoxide rings is 1. The van der Waals surface area contributed by atoms with Crippen LogP contribution >= 0.6 is 0 Å². The van der Waals surface area contributed by atoms with Crippen molar-refractivity contribution in [2.45, 2.75) is 24.4 Å². The van der Waals surface area contributed by atoms with E-state index in [1.807, 2.05) is 24.3 Å². The molecule has 1 aliphatic carbocycles. The van der Waals surface area contributed by atoms with Gasteiger partial charge in [-0.1, -0.05) is 24.3 Å². The molecule has 13 heavy (non-hydrogen) atoms. The SMILES string of the molecule is O[C@@H]1[C@H]2O[C@H]2c2ccccc2[C@H]1O. The molecule has 3 nitrogen and oxygen atoms in total. The number of hydrogen-bond donors (Lipinski definition) is 2. The predicted octanol–water partition coefficient (Wildman–Crippen LogP) is 0.534. The van der Waals surface area contributed by atoms with E-state index < -0.39 is 12.2 Å². The Kier molecular flexibility index (Phi) is 1.34. The Balaban J connectivity index is 2.14. The third-order valence-corrected chi connectivity index (χ3v) is 2.81. The second-order valence-electron chi connectivity index (χ2n) is 3.59. The Morgan fingerprint density at radius 1 is 1.08 bits per heavy atom. The van der Waals surface area contributed by atoms with Gasteiger partial charge in [-0.15, -0.1) is 0 Å². The van der Waals surface area contributed by atoms with Gasteiger partial charge in [0.15, 0.2) is 0 Å². The number of fused-ring (bicyclic) bond motifs is 3. The van der Waals surface area contributed by atoms with Gasteiger partial charge < -0.3 is 14.9 Å². The van der Waals surface area contributed by atoms with Crippen molar-refractivity contribution in [3.05, 3.63) is 35.4 Å². The van der Waals surface area contributed by atoms with E-state index in [-0.39, 0.29) is 12.2 Å². The summed E-state index contributed by atoms with van der Waals surface area (Å²) < 4.78 is 5.28. The number of ether oxygens (including phenoxy) is 1. The summed E-state index contributed by atoms with van der Waals surface area (Å²) in [5.74, 6) is 0. The Morgan fingerprint density at radius 3 is 2.54 bits per heavy atom. The van der Waals surface area contributed by atoms with Crippen molar-refractivity contribution < 1.29 is 14.9 Å². The Morgan fingerprint density at radius 2 is 1.77 bits per heavy atom. The van der Waals surface area contributed by atoms with Crippen molar-refractivity contribution in [1.29, 1.82) is 0 Å². The van der Waals surface area contributed by atoms with Gasteiger partial charge >= 0.3 is 0 Å². The van der Waals surface area contributed by atoms with Gasteiger partial charge in [0.25, 0.3) is 0 Å². The van der Waals surface area contributed by atoms with Crippen LogP contribution in [0.3, 0.4) is 0 Å². The smallest absolute Gasteiger partial charge is 0.118 e. The summed E-state index contributed by atoms with van der Waals surface area (Å²) >= 11 is 0. The predicted molar refractivity (Wildman–Crippen MR) is 45.0 cm³/mol. The molecule has 1 fully saturated rings. The average Bonchev–Trinajstić information content (AvgIpc) is 2.94. The molecule has 2 N–H and O–H groups in total. The monoisotopic (exact) mass is 178 g/mol. The van der Waals surface area contributed by atoms with Crippen molar-refractivity contribution in [1.82, 2.24) is 0 Å². The summed E-state index contributed by atoms with van der Waals surface area (Å²) in [7, 11) is 0. The van der Waals surface area contributed by atoms with E-state index >= 15 is 0 Å². The zero-order chi connectivity index (χ0) is 9.00. The van der Waals surface area contributed by atoms with Crippen LogP contribution in [-0.4, -0.2) is 22.4 Å². The molecule has 0 amide bonds. The molecule has 1 saturated heterocycles. The summed E-state index contributed by atoms with van der Waals surface area (Å²) in [6.45, 7) is 0. The van der Waals surface area contributed by atoms with Gasteiger partial charge in [0, 0.05) is 0 Å². The first-order valence-corrected chi connectivity index (χ1v) is 4.39. The largest absolute Gasteiger partial charge is 0.387 e. The summed E-state index contributed by atoms with van der Waals surface area (Å²) in [5, 5.41) is 19.3. The minimum absolute atomic E-state index is 0.00889. The molecule has 0 aromatic heterocycles. The van der Waals surface area contributed by atoms with Crippen molar-refractivity contribution >= 4 is 0 Å². The van der Waals surface area contributed by atoms with E-state index in [4.69, 9.17) is 4.74 Å². The molecule has 1 aliphatic heterocycles. The van der Waals surface area contributed by atoms with E-state index in [0.717, 1.165) is 11.1 Å². The van der Waals surface area contributed by atoms with E-state index in [2.05, 4.69) is 0 Å². The van der Waals surface area contributed by atoms with Gasteiger partial charge in [0.2, 0.25) is 0 Å². The standard InChI is InChI=1S/C10H10O3/c11-7-5-3-1-2-4-6(5)9-10(13-9)8(7)12/h1-4,7-12H/t7-,8+,9+,10-/m1/s1.